The van der Waals surface area contributed by atoms with Gasteiger partial charge in [0.05, 0.1) is 6.61 Å². The van der Waals surface area contributed by atoms with Gasteiger partial charge in [-0.25, -0.2) is 0 Å². The van der Waals surface area contributed by atoms with Gasteiger partial charge >= 0.3 is 0 Å². The normalized spacial score (nSPS) is 17.2. The van der Waals surface area contributed by atoms with Gasteiger partial charge in [0, 0.05) is 51.4 Å². The predicted octanol–water partition coefficient (Wildman–Crippen LogP) is 3.50. The van der Waals surface area contributed by atoms with Crippen molar-refractivity contribution in [3.05, 3.63) is 29.8 Å². The highest BCUT2D eigenvalue weighted by Crippen LogP contribution is 2.34. The number of benzene rings is 1. The highest BCUT2D eigenvalue weighted by Gasteiger charge is 2.19. The summed E-state index contributed by atoms with van der Waals surface area (Å²) in [7, 11) is 0. The molecule has 0 radical (unpaired) electrons. The van der Waals surface area contributed by atoms with E-state index in [1.54, 1.807) is 0 Å². The molecule has 6 nitrogen and oxygen atoms in total. The van der Waals surface area contributed by atoms with E-state index < -0.39 is 0 Å². The number of piperazine rings is 1. The number of carbonyl (C=O) groups excluding carboxylic acids is 1. The van der Waals surface area contributed by atoms with Crippen molar-refractivity contribution in [3.8, 4) is 0 Å². The SMILES string of the molecule is CCC(=O)N(CCCCN1CCN(CCO)CC1)c1ccc(C2CCCC2)cc1.Cl.Cl.O. The molecule has 3 rings (SSSR count). The molecule has 3 N–H and O–H groups in total. The van der Waals surface area contributed by atoms with E-state index in [4.69, 9.17) is 5.11 Å². The summed E-state index contributed by atoms with van der Waals surface area (Å²) in [6.07, 6.45) is 8.03. The molecule has 186 valence electrons. The summed E-state index contributed by atoms with van der Waals surface area (Å²) in [5.74, 6) is 0.938. The summed E-state index contributed by atoms with van der Waals surface area (Å²) < 4.78 is 0. The quantitative estimate of drug-likeness (QED) is 0.507. The number of anilines is 1. The first-order valence-corrected chi connectivity index (χ1v) is 11.7. The largest absolute Gasteiger partial charge is 0.412 e. The zero-order chi connectivity index (χ0) is 20.5. The van der Waals surface area contributed by atoms with E-state index in [0.717, 1.165) is 70.3 Å². The number of aliphatic hydroxyl groups excluding tert-OH is 1. The van der Waals surface area contributed by atoms with Gasteiger partial charge in [0.1, 0.15) is 0 Å². The molecule has 1 aliphatic heterocycles. The summed E-state index contributed by atoms with van der Waals surface area (Å²) in [5.41, 5.74) is 2.49. The Morgan fingerprint density at radius 1 is 0.969 bits per heavy atom. The van der Waals surface area contributed by atoms with Gasteiger partial charge in [0.15, 0.2) is 0 Å². The zero-order valence-corrected chi connectivity index (χ0v) is 21.1. The van der Waals surface area contributed by atoms with Crippen LogP contribution in [0.3, 0.4) is 0 Å². The van der Waals surface area contributed by atoms with Crippen molar-refractivity contribution in [1.29, 1.82) is 0 Å². The first-order valence-electron chi connectivity index (χ1n) is 11.7. The summed E-state index contributed by atoms with van der Waals surface area (Å²) in [6.45, 7) is 9.17. The van der Waals surface area contributed by atoms with Crippen LogP contribution >= 0.6 is 24.8 Å². The third-order valence-corrected chi connectivity index (χ3v) is 6.62. The molecule has 1 saturated carbocycles. The Bertz CT molecular complexity index is 619. The molecule has 1 aromatic carbocycles. The van der Waals surface area contributed by atoms with Gasteiger partial charge in [-0.05, 0) is 55.8 Å². The van der Waals surface area contributed by atoms with Crippen molar-refractivity contribution in [3.63, 3.8) is 0 Å². The Hall–Kier alpha value is -0.890. The predicted molar refractivity (Wildman–Crippen MR) is 138 cm³/mol. The van der Waals surface area contributed by atoms with Crippen LogP contribution in [0.1, 0.15) is 63.4 Å². The third-order valence-electron chi connectivity index (χ3n) is 6.62. The first-order chi connectivity index (χ1) is 14.2. The molecular formula is C24H43Cl2N3O3. The second kappa shape index (κ2) is 16.7. The minimum atomic E-state index is 0. The number of β-amino-alcohol motifs (C(OH)–C–C–N with tert-alkyl or cyclic N) is 1. The number of unbranched alkanes of at least 4 members (excludes halogenated alkanes) is 1. The van der Waals surface area contributed by atoms with E-state index in [1.807, 2.05) is 11.8 Å². The monoisotopic (exact) mass is 491 g/mol. The van der Waals surface area contributed by atoms with E-state index in [1.165, 1.54) is 31.2 Å². The van der Waals surface area contributed by atoms with Crippen LogP contribution in [0, 0.1) is 0 Å². The fourth-order valence-electron chi connectivity index (χ4n) is 4.76. The van der Waals surface area contributed by atoms with E-state index in [0.29, 0.717) is 6.42 Å². The standard InChI is InChI=1S/C24H39N3O2.2ClH.H2O/c1-2-24(29)27(23-11-9-22(10-12-23)21-7-3-4-8-21)14-6-5-13-25-15-17-26(18-16-25)19-20-28;;;/h9-12,21,28H,2-8,13-20H2,1H3;2*1H;1H2. The highest BCUT2D eigenvalue weighted by molar-refractivity contribution is 5.93. The maximum Gasteiger partial charge on any atom is 0.226 e. The topological polar surface area (TPSA) is 78.5 Å². The molecule has 2 fully saturated rings. The molecule has 0 aromatic heterocycles. The summed E-state index contributed by atoms with van der Waals surface area (Å²) in [6, 6.07) is 8.80. The molecule has 0 atom stereocenters. The Balaban J connectivity index is 0.00000320. The molecule has 1 saturated heterocycles. The van der Waals surface area contributed by atoms with Crippen LogP contribution in [0.25, 0.3) is 0 Å². The van der Waals surface area contributed by atoms with E-state index in [9.17, 15) is 4.79 Å². The van der Waals surface area contributed by atoms with Gasteiger partial charge < -0.3 is 20.4 Å². The number of carbonyl (C=O) groups is 1. The van der Waals surface area contributed by atoms with Crippen LogP contribution in [0.2, 0.25) is 0 Å². The third kappa shape index (κ3) is 9.16. The van der Waals surface area contributed by atoms with Crippen molar-refractivity contribution < 1.29 is 15.4 Å². The zero-order valence-electron chi connectivity index (χ0n) is 19.5. The second-order valence-electron chi connectivity index (χ2n) is 8.59. The lowest BCUT2D eigenvalue weighted by Crippen LogP contribution is -2.47. The second-order valence-corrected chi connectivity index (χ2v) is 8.59. The Morgan fingerprint density at radius 3 is 2.06 bits per heavy atom. The number of aliphatic hydroxyl groups is 1. The molecule has 32 heavy (non-hydrogen) atoms. The summed E-state index contributed by atoms with van der Waals surface area (Å²) >= 11 is 0. The number of hydrogen-bond donors (Lipinski definition) is 1. The molecule has 8 heteroatoms. The van der Waals surface area contributed by atoms with Gasteiger partial charge in [0.25, 0.3) is 0 Å². The average molecular weight is 493 g/mol. The van der Waals surface area contributed by atoms with Gasteiger partial charge in [-0.1, -0.05) is 31.9 Å². The number of halogens is 2. The van der Waals surface area contributed by atoms with E-state index >= 15 is 0 Å². The van der Waals surface area contributed by atoms with Crippen LogP contribution in [0.15, 0.2) is 24.3 Å². The highest BCUT2D eigenvalue weighted by atomic mass is 35.5. The molecule has 1 aliphatic carbocycles. The van der Waals surface area contributed by atoms with E-state index in [2.05, 4.69) is 34.1 Å². The van der Waals surface area contributed by atoms with Gasteiger partial charge in [-0.2, -0.15) is 0 Å². The Kier molecular flexibility index (Phi) is 16.2. The molecule has 1 aromatic rings. The van der Waals surface area contributed by atoms with E-state index in [-0.39, 0.29) is 42.8 Å². The Labute approximate surface area is 206 Å². The molecule has 1 amide bonds. The fraction of sp³-hybridized carbons (Fsp3) is 0.708. The van der Waals surface area contributed by atoms with Crippen molar-refractivity contribution >= 4 is 36.4 Å². The minimum Gasteiger partial charge on any atom is -0.412 e. The molecule has 2 aliphatic rings. The maximum absolute atomic E-state index is 12.5. The van der Waals surface area contributed by atoms with Crippen LogP contribution < -0.4 is 4.90 Å². The van der Waals surface area contributed by atoms with Crippen LogP contribution in [0.4, 0.5) is 5.69 Å². The number of nitrogens with zero attached hydrogens (tertiary/aromatic N) is 3. The fourth-order valence-corrected chi connectivity index (χ4v) is 4.76. The Morgan fingerprint density at radius 2 is 1.53 bits per heavy atom. The smallest absolute Gasteiger partial charge is 0.226 e. The molecule has 1 heterocycles. The molecule has 0 bridgehead atoms. The molecular weight excluding hydrogens is 449 g/mol. The average Bonchev–Trinajstić information content (AvgIpc) is 3.30. The van der Waals surface area contributed by atoms with Gasteiger partial charge in [-0.3, -0.25) is 9.69 Å². The van der Waals surface area contributed by atoms with Crippen LogP contribution in [-0.4, -0.2) is 78.7 Å². The lowest BCUT2D eigenvalue weighted by Gasteiger charge is -2.34. The van der Waals surface area contributed by atoms with Crippen LogP contribution in [0.5, 0.6) is 0 Å². The number of amides is 1. The van der Waals surface area contributed by atoms with Gasteiger partial charge in [-0.15, -0.1) is 24.8 Å². The van der Waals surface area contributed by atoms with Crippen molar-refractivity contribution in [2.45, 2.75) is 57.8 Å². The number of rotatable bonds is 10. The van der Waals surface area contributed by atoms with Crippen molar-refractivity contribution in [1.82, 2.24) is 9.80 Å². The lowest BCUT2D eigenvalue weighted by molar-refractivity contribution is -0.118. The first kappa shape index (κ1) is 31.1. The minimum absolute atomic E-state index is 0. The summed E-state index contributed by atoms with van der Waals surface area (Å²) in [5, 5.41) is 9.05. The number of hydrogen-bond acceptors (Lipinski definition) is 4. The summed E-state index contributed by atoms with van der Waals surface area (Å²) in [4.78, 5) is 19.4. The lowest BCUT2D eigenvalue weighted by atomic mass is 9.97. The van der Waals surface area contributed by atoms with Crippen molar-refractivity contribution in [2.24, 2.45) is 0 Å². The molecule has 0 spiro atoms. The van der Waals surface area contributed by atoms with Crippen molar-refractivity contribution in [2.75, 3.05) is 57.3 Å². The molecule has 0 unspecified atom stereocenters. The van der Waals surface area contributed by atoms with Gasteiger partial charge in [0.2, 0.25) is 5.91 Å². The van der Waals surface area contributed by atoms with Crippen LogP contribution in [-0.2, 0) is 4.79 Å². The maximum atomic E-state index is 12.5.